The zero-order valence-corrected chi connectivity index (χ0v) is 10.8. The molecule has 0 aromatic carbocycles. The van der Waals surface area contributed by atoms with E-state index in [2.05, 4.69) is 4.98 Å². The summed E-state index contributed by atoms with van der Waals surface area (Å²) in [5.41, 5.74) is 4.23. The largest absolute Gasteiger partial charge is 0.389 e. The van der Waals surface area contributed by atoms with Gasteiger partial charge in [-0.15, -0.1) is 0 Å². The van der Waals surface area contributed by atoms with Gasteiger partial charge in [0, 0.05) is 25.8 Å². The van der Waals surface area contributed by atoms with E-state index in [0.29, 0.717) is 0 Å². The summed E-state index contributed by atoms with van der Waals surface area (Å²) in [5.74, 6) is -2.73. The van der Waals surface area contributed by atoms with Crippen LogP contribution in [0, 0.1) is 5.92 Å². The molecule has 1 aromatic rings. The highest BCUT2D eigenvalue weighted by molar-refractivity contribution is 6.14. The zero-order chi connectivity index (χ0) is 15.0. The average Bonchev–Trinajstić information content (AvgIpc) is 2.41. The van der Waals surface area contributed by atoms with Crippen molar-refractivity contribution in [2.45, 2.75) is 12.8 Å². The number of aliphatic hydroxyl groups excluding tert-OH is 1. The van der Waals surface area contributed by atoms with Gasteiger partial charge in [0.15, 0.2) is 17.3 Å². The Balaban J connectivity index is 2.53. The van der Waals surface area contributed by atoms with E-state index in [9.17, 15) is 19.2 Å². The number of anilines is 1. The molecular weight excluding hydrogens is 266 g/mol. The van der Waals surface area contributed by atoms with Crippen LogP contribution < -0.4 is 11.3 Å². The number of hydrogen-bond acceptors (Lipinski definition) is 7. The summed E-state index contributed by atoms with van der Waals surface area (Å²) in [4.78, 5) is 51.2. The molecule has 0 amide bonds. The van der Waals surface area contributed by atoms with Gasteiger partial charge in [-0.25, -0.2) is 4.98 Å². The second-order valence-electron chi connectivity index (χ2n) is 4.65. The van der Waals surface area contributed by atoms with Crippen LogP contribution in [0.3, 0.4) is 0 Å². The van der Waals surface area contributed by atoms with Gasteiger partial charge in [-0.3, -0.25) is 23.7 Å². The maximum Gasteiger partial charge on any atom is 0.266 e. The van der Waals surface area contributed by atoms with E-state index in [1.807, 2.05) is 0 Å². The highest BCUT2D eigenvalue weighted by Crippen LogP contribution is 2.25. The Morgan fingerprint density at radius 1 is 1.45 bits per heavy atom. The molecule has 1 unspecified atom stereocenters. The zero-order valence-electron chi connectivity index (χ0n) is 10.8. The van der Waals surface area contributed by atoms with E-state index in [-0.39, 0.29) is 30.0 Å². The number of Topliss-reactive ketones (excluding diaryl/α,β-unsaturated/α-hetero) is 3. The van der Waals surface area contributed by atoms with E-state index in [1.165, 1.54) is 7.05 Å². The first kappa shape index (κ1) is 14.1. The smallest absolute Gasteiger partial charge is 0.266 e. The van der Waals surface area contributed by atoms with Crippen molar-refractivity contribution in [3.05, 3.63) is 21.6 Å². The van der Waals surface area contributed by atoms with Gasteiger partial charge in [-0.05, 0) is 0 Å². The second-order valence-corrected chi connectivity index (χ2v) is 4.65. The molecule has 1 atom stereocenters. The Morgan fingerprint density at radius 2 is 2.10 bits per heavy atom. The minimum atomic E-state index is -0.923. The quantitative estimate of drug-likeness (QED) is 0.702. The molecule has 1 aliphatic rings. The summed E-state index contributed by atoms with van der Waals surface area (Å²) in [6.45, 7) is -0.706. The van der Waals surface area contributed by atoms with E-state index in [4.69, 9.17) is 10.8 Å². The van der Waals surface area contributed by atoms with Crippen LogP contribution in [-0.2, 0) is 11.8 Å². The molecule has 8 nitrogen and oxygen atoms in total. The Morgan fingerprint density at radius 3 is 2.70 bits per heavy atom. The van der Waals surface area contributed by atoms with E-state index >= 15 is 0 Å². The molecule has 0 aliphatic heterocycles. The minimum Gasteiger partial charge on any atom is -0.389 e. The van der Waals surface area contributed by atoms with Gasteiger partial charge >= 0.3 is 0 Å². The van der Waals surface area contributed by atoms with Crippen LogP contribution in [0.2, 0.25) is 0 Å². The van der Waals surface area contributed by atoms with Gasteiger partial charge in [0.2, 0.25) is 5.95 Å². The first-order valence-corrected chi connectivity index (χ1v) is 5.93. The molecule has 0 saturated heterocycles. The summed E-state index contributed by atoms with van der Waals surface area (Å²) in [6.07, 6.45) is -0.481. The molecule has 20 heavy (non-hydrogen) atoms. The minimum absolute atomic E-state index is 0.153. The van der Waals surface area contributed by atoms with Gasteiger partial charge in [0.05, 0.1) is 0 Å². The highest BCUT2D eigenvalue weighted by Gasteiger charge is 2.37. The van der Waals surface area contributed by atoms with Crippen LogP contribution in [0.15, 0.2) is 4.79 Å². The van der Waals surface area contributed by atoms with Crippen molar-refractivity contribution in [3.63, 3.8) is 0 Å². The van der Waals surface area contributed by atoms with Crippen LogP contribution >= 0.6 is 0 Å². The summed E-state index contributed by atoms with van der Waals surface area (Å²) in [6, 6.07) is 0. The normalized spacial score (nSPS) is 18.0. The fourth-order valence-corrected chi connectivity index (χ4v) is 2.16. The maximum absolute atomic E-state index is 12.2. The fourth-order valence-electron chi connectivity index (χ4n) is 2.16. The number of carbonyl (C=O) groups is 3. The average molecular weight is 279 g/mol. The Hall–Kier alpha value is -2.35. The van der Waals surface area contributed by atoms with Crippen molar-refractivity contribution >= 4 is 23.3 Å². The van der Waals surface area contributed by atoms with Crippen LogP contribution in [0.1, 0.15) is 33.7 Å². The Bertz CT molecular complexity index is 676. The van der Waals surface area contributed by atoms with Crippen LogP contribution in [0.5, 0.6) is 0 Å². The lowest BCUT2D eigenvalue weighted by atomic mass is 9.82. The van der Waals surface area contributed by atoms with Gasteiger partial charge in [0.1, 0.15) is 17.9 Å². The van der Waals surface area contributed by atoms with Crippen molar-refractivity contribution in [1.29, 1.82) is 0 Å². The number of nitrogens with two attached hydrogens (primary N) is 1. The third-order valence-corrected chi connectivity index (χ3v) is 3.29. The molecule has 2 rings (SSSR count). The number of nitrogen functional groups attached to an aromatic ring is 1. The van der Waals surface area contributed by atoms with Gasteiger partial charge in [-0.1, -0.05) is 0 Å². The third-order valence-electron chi connectivity index (χ3n) is 3.29. The lowest BCUT2D eigenvalue weighted by Gasteiger charge is -2.21. The molecule has 3 N–H and O–H groups in total. The lowest BCUT2D eigenvalue weighted by Crippen LogP contribution is -2.39. The molecule has 0 spiro atoms. The number of fused-ring (bicyclic) bond motifs is 1. The van der Waals surface area contributed by atoms with Crippen LogP contribution in [0.4, 0.5) is 5.95 Å². The number of ketones is 3. The van der Waals surface area contributed by atoms with Crippen molar-refractivity contribution in [2.75, 3.05) is 12.3 Å². The summed E-state index contributed by atoms with van der Waals surface area (Å²) in [7, 11) is 1.34. The molecule has 1 aromatic heterocycles. The predicted molar refractivity (Wildman–Crippen MR) is 67.4 cm³/mol. The number of aliphatic hydroxyl groups is 1. The number of hydrogen-bond donors (Lipinski definition) is 2. The maximum atomic E-state index is 12.2. The Kier molecular flexibility index (Phi) is 3.49. The molecule has 1 heterocycles. The van der Waals surface area contributed by atoms with E-state index < -0.39 is 35.4 Å². The SMILES string of the molecule is Cn1c(N)nc2c(c1=O)C(=O)C(CC(=O)CO)CC2=O. The van der Waals surface area contributed by atoms with Crippen molar-refractivity contribution < 1.29 is 19.5 Å². The summed E-state index contributed by atoms with van der Waals surface area (Å²) in [5, 5.41) is 8.71. The topological polar surface area (TPSA) is 132 Å². The number of rotatable bonds is 3. The fraction of sp³-hybridized carbons (Fsp3) is 0.417. The predicted octanol–water partition coefficient (Wildman–Crippen LogP) is -1.30. The number of aromatic nitrogens is 2. The standard InChI is InChI=1S/C12H13N3O5/c1-15-11(20)8-9(14-12(15)13)7(18)3-5(10(8)19)2-6(17)4-16/h5,16H,2-4H2,1H3,(H2,13,14). The van der Waals surface area contributed by atoms with Crippen LogP contribution in [-0.4, -0.2) is 38.6 Å². The summed E-state index contributed by atoms with van der Waals surface area (Å²) >= 11 is 0. The Labute approximate surface area is 113 Å². The molecule has 106 valence electrons. The monoisotopic (exact) mass is 279 g/mol. The molecule has 8 heteroatoms. The number of carbonyl (C=O) groups excluding carboxylic acids is 3. The molecular formula is C12H13N3O5. The summed E-state index contributed by atoms with van der Waals surface area (Å²) < 4.78 is 0.972. The van der Waals surface area contributed by atoms with Gasteiger partial charge in [0.25, 0.3) is 5.56 Å². The number of nitrogens with zero attached hydrogens (tertiary/aromatic N) is 2. The molecule has 0 saturated carbocycles. The van der Waals surface area contributed by atoms with Crippen LogP contribution in [0.25, 0.3) is 0 Å². The van der Waals surface area contributed by atoms with Crippen molar-refractivity contribution in [3.8, 4) is 0 Å². The van der Waals surface area contributed by atoms with Crippen molar-refractivity contribution in [2.24, 2.45) is 13.0 Å². The molecule has 0 radical (unpaired) electrons. The second kappa shape index (κ2) is 4.97. The molecule has 0 bridgehead atoms. The third kappa shape index (κ3) is 2.14. The van der Waals surface area contributed by atoms with Crippen molar-refractivity contribution in [1.82, 2.24) is 9.55 Å². The van der Waals surface area contributed by atoms with E-state index in [0.717, 1.165) is 4.57 Å². The molecule has 0 fully saturated rings. The van der Waals surface area contributed by atoms with Gasteiger partial charge in [-0.2, -0.15) is 0 Å². The highest BCUT2D eigenvalue weighted by atomic mass is 16.3. The van der Waals surface area contributed by atoms with Gasteiger partial charge < -0.3 is 10.8 Å². The molecule has 1 aliphatic carbocycles. The van der Waals surface area contributed by atoms with E-state index in [1.54, 1.807) is 0 Å². The lowest BCUT2D eigenvalue weighted by molar-refractivity contribution is -0.122. The first-order chi connectivity index (χ1) is 9.36. The first-order valence-electron chi connectivity index (χ1n) is 5.93.